The number of hydrogen-bond donors (Lipinski definition) is 0. The van der Waals surface area contributed by atoms with E-state index < -0.39 is 17.4 Å². The second-order valence-electron chi connectivity index (χ2n) is 5.08. The van der Waals surface area contributed by atoms with E-state index in [1.807, 2.05) is 6.07 Å². The molecule has 1 aromatic carbocycles. The van der Waals surface area contributed by atoms with Crippen LogP contribution in [0.4, 0.5) is 5.69 Å². The standard InChI is InChI=1S/C14H19N3O3/c1-11-4-3-5-13(12(11)2)15-6-8-16(9-7-15)14(18)10-17(19)20/h3-5H,6-10H2,1-2H3. The molecule has 108 valence electrons. The quantitative estimate of drug-likeness (QED) is 0.615. The number of amides is 1. The molecule has 1 heterocycles. The fourth-order valence-electron chi connectivity index (χ4n) is 2.49. The molecule has 0 unspecified atom stereocenters. The second kappa shape index (κ2) is 5.90. The molecule has 2 rings (SSSR count). The summed E-state index contributed by atoms with van der Waals surface area (Å²) in [4.78, 5) is 25.2. The summed E-state index contributed by atoms with van der Waals surface area (Å²) in [6.45, 7) is 6.08. The van der Waals surface area contributed by atoms with Gasteiger partial charge in [0.15, 0.2) is 0 Å². The van der Waals surface area contributed by atoms with Gasteiger partial charge in [0.05, 0.1) is 0 Å². The number of rotatable bonds is 3. The summed E-state index contributed by atoms with van der Waals surface area (Å²) in [6, 6.07) is 6.19. The molecule has 0 N–H and O–H groups in total. The Balaban J connectivity index is 1.99. The zero-order valence-corrected chi connectivity index (χ0v) is 11.8. The molecule has 0 aliphatic carbocycles. The van der Waals surface area contributed by atoms with Gasteiger partial charge in [0, 0.05) is 36.8 Å². The van der Waals surface area contributed by atoms with Gasteiger partial charge in [0.25, 0.3) is 12.5 Å². The number of anilines is 1. The molecule has 1 aliphatic rings. The van der Waals surface area contributed by atoms with Gasteiger partial charge >= 0.3 is 0 Å². The lowest BCUT2D eigenvalue weighted by Gasteiger charge is -2.36. The minimum Gasteiger partial charge on any atom is -0.368 e. The van der Waals surface area contributed by atoms with Gasteiger partial charge < -0.3 is 9.80 Å². The van der Waals surface area contributed by atoms with Crippen LogP contribution in [0.25, 0.3) is 0 Å². The summed E-state index contributed by atoms with van der Waals surface area (Å²) < 4.78 is 0. The Bertz CT molecular complexity index is 522. The van der Waals surface area contributed by atoms with Crippen molar-refractivity contribution < 1.29 is 9.72 Å². The lowest BCUT2D eigenvalue weighted by molar-refractivity contribution is -0.468. The summed E-state index contributed by atoms with van der Waals surface area (Å²) in [5.41, 5.74) is 3.68. The number of piperazine rings is 1. The predicted octanol–water partition coefficient (Wildman–Crippen LogP) is 1.23. The van der Waals surface area contributed by atoms with Gasteiger partial charge in [-0.3, -0.25) is 14.9 Å². The van der Waals surface area contributed by atoms with Crippen LogP contribution in [0.1, 0.15) is 11.1 Å². The van der Waals surface area contributed by atoms with Crippen molar-refractivity contribution in [1.82, 2.24) is 4.90 Å². The molecule has 1 amide bonds. The minimum absolute atomic E-state index is 0.393. The highest BCUT2D eigenvalue weighted by Gasteiger charge is 2.24. The van der Waals surface area contributed by atoms with E-state index in [0.29, 0.717) is 26.2 Å². The molecule has 6 nitrogen and oxygen atoms in total. The van der Waals surface area contributed by atoms with Crippen LogP contribution in [-0.2, 0) is 4.79 Å². The minimum atomic E-state index is -0.608. The van der Waals surface area contributed by atoms with Crippen LogP contribution < -0.4 is 4.90 Å². The first-order chi connectivity index (χ1) is 9.49. The third kappa shape index (κ3) is 3.07. The molecule has 20 heavy (non-hydrogen) atoms. The van der Waals surface area contributed by atoms with Crippen LogP contribution in [0.15, 0.2) is 18.2 Å². The van der Waals surface area contributed by atoms with Gasteiger partial charge in [0.1, 0.15) is 0 Å². The first-order valence-electron chi connectivity index (χ1n) is 6.70. The molecule has 0 atom stereocenters. The molecule has 0 bridgehead atoms. The maximum atomic E-state index is 11.6. The van der Waals surface area contributed by atoms with E-state index in [9.17, 15) is 14.9 Å². The monoisotopic (exact) mass is 277 g/mol. The molecule has 1 fully saturated rings. The Labute approximate surface area is 118 Å². The molecule has 1 aliphatic heterocycles. The Morgan fingerprint density at radius 1 is 1.25 bits per heavy atom. The first-order valence-corrected chi connectivity index (χ1v) is 6.70. The summed E-state index contributed by atoms with van der Waals surface area (Å²) >= 11 is 0. The maximum Gasteiger partial charge on any atom is 0.294 e. The normalized spacial score (nSPS) is 15.3. The van der Waals surface area contributed by atoms with Gasteiger partial charge in [-0.15, -0.1) is 0 Å². The number of nitro groups is 1. The molecule has 1 aromatic rings. The SMILES string of the molecule is Cc1cccc(N2CCN(C(=O)C[N+](=O)[O-])CC2)c1C. The van der Waals surface area contributed by atoms with Gasteiger partial charge in [-0.2, -0.15) is 0 Å². The predicted molar refractivity (Wildman–Crippen MR) is 76.6 cm³/mol. The smallest absolute Gasteiger partial charge is 0.294 e. The van der Waals surface area contributed by atoms with E-state index >= 15 is 0 Å². The van der Waals surface area contributed by atoms with Gasteiger partial charge in [-0.1, -0.05) is 12.1 Å². The average Bonchev–Trinajstić information content (AvgIpc) is 2.41. The zero-order chi connectivity index (χ0) is 14.7. The van der Waals surface area contributed by atoms with Crippen LogP contribution in [0.5, 0.6) is 0 Å². The first kappa shape index (κ1) is 14.3. The highest BCUT2D eigenvalue weighted by atomic mass is 16.6. The van der Waals surface area contributed by atoms with Crippen molar-refractivity contribution in [3.63, 3.8) is 0 Å². The Morgan fingerprint density at radius 3 is 2.50 bits per heavy atom. The number of benzene rings is 1. The number of aryl methyl sites for hydroxylation is 1. The van der Waals surface area contributed by atoms with E-state index in [4.69, 9.17) is 0 Å². The van der Waals surface area contributed by atoms with Crippen molar-refractivity contribution in [2.24, 2.45) is 0 Å². The maximum absolute atomic E-state index is 11.6. The Morgan fingerprint density at radius 2 is 1.90 bits per heavy atom. The van der Waals surface area contributed by atoms with Crippen molar-refractivity contribution in [2.45, 2.75) is 13.8 Å². The summed E-state index contributed by atoms with van der Waals surface area (Å²) in [5, 5.41) is 10.4. The number of carbonyl (C=O) groups is 1. The van der Waals surface area contributed by atoms with Crippen molar-refractivity contribution in [2.75, 3.05) is 37.6 Å². The van der Waals surface area contributed by atoms with Crippen LogP contribution in [0.3, 0.4) is 0 Å². The largest absolute Gasteiger partial charge is 0.368 e. The van der Waals surface area contributed by atoms with Crippen molar-refractivity contribution in [1.29, 1.82) is 0 Å². The molecule has 1 saturated heterocycles. The van der Waals surface area contributed by atoms with Crippen LogP contribution in [0, 0.1) is 24.0 Å². The van der Waals surface area contributed by atoms with Crippen molar-refractivity contribution >= 4 is 11.6 Å². The lowest BCUT2D eigenvalue weighted by atomic mass is 10.1. The molecule has 0 aromatic heterocycles. The number of carbonyl (C=O) groups excluding carboxylic acids is 1. The van der Waals surface area contributed by atoms with E-state index in [1.165, 1.54) is 16.8 Å². The highest BCUT2D eigenvalue weighted by Crippen LogP contribution is 2.23. The van der Waals surface area contributed by atoms with Crippen molar-refractivity contribution in [3.05, 3.63) is 39.4 Å². The molecular formula is C14H19N3O3. The number of nitrogens with zero attached hydrogens (tertiary/aromatic N) is 3. The molecule has 6 heteroatoms. The topological polar surface area (TPSA) is 66.7 Å². The fourth-order valence-corrected chi connectivity index (χ4v) is 2.49. The van der Waals surface area contributed by atoms with E-state index in [2.05, 4.69) is 30.9 Å². The van der Waals surface area contributed by atoms with Gasteiger partial charge in [0.2, 0.25) is 0 Å². The van der Waals surface area contributed by atoms with Crippen molar-refractivity contribution in [3.8, 4) is 0 Å². The fraction of sp³-hybridized carbons (Fsp3) is 0.500. The Hall–Kier alpha value is -2.11. The third-order valence-corrected chi connectivity index (χ3v) is 3.81. The molecule has 0 spiro atoms. The van der Waals surface area contributed by atoms with Crippen LogP contribution in [-0.4, -0.2) is 48.5 Å². The van der Waals surface area contributed by atoms with E-state index in [0.717, 1.165) is 0 Å². The Kier molecular flexibility index (Phi) is 4.22. The van der Waals surface area contributed by atoms with Crippen LogP contribution in [0.2, 0.25) is 0 Å². The molecule has 0 radical (unpaired) electrons. The van der Waals surface area contributed by atoms with Crippen LogP contribution >= 0.6 is 0 Å². The van der Waals surface area contributed by atoms with E-state index in [-0.39, 0.29) is 0 Å². The lowest BCUT2D eigenvalue weighted by Crippen LogP contribution is -2.50. The summed E-state index contributed by atoms with van der Waals surface area (Å²) in [7, 11) is 0. The summed E-state index contributed by atoms with van der Waals surface area (Å²) in [5.74, 6) is -0.393. The average molecular weight is 277 g/mol. The second-order valence-corrected chi connectivity index (χ2v) is 5.08. The molecule has 0 saturated carbocycles. The van der Waals surface area contributed by atoms with Gasteiger partial charge in [-0.05, 0) is 31.0 Å². The van der Waals surface area contributed by atoms with E-state index in [1.54, 1.807) is 4.90 Å². The summed E-state index contributed by atoms with van der Waals surface area (Å²) in [6.07, 6.45) is 0. The molecular weight excluding hydrogens is 258 g/mol. The zero-order valence-electron chi connectivity index (χ0n) is 11.8. The highest BCUT2D eigenvalue weighted by molar-refractivity contribution is 5.77. The number of hydrogen-bond acceptors (Lipinski definition) is 4. The van der Waals surface area contributed by atoms with Gasteiger partial charge in [-0.25, -0.2) is 0 Å². The third-order valence-electron chi connectivity index (χ3n) is 3.81.